The van der Waals surface area contributed by atoms with Crippen molar-refractivity contribution in [3.05, 3.63) is 35.7 Å². The molecule has 3 aromatic rings. The lowest BCUT2D eigenvalue weighted by Crippen LogP contribution is -2.23. The number of anilines is 2. The molecule has 9 heteroatoms. The molecule has 0 bridgehead atoms. The molecule has 8 nitrogen and oxygen atoms in total. The Hall–Kier alpha value is -2.42. The minimum Gasteiger partial charge on any atom is -0.495 e. The molecule has 5 rings (SSSR count). The van der Waals surface area contributed by atoms with Crippen LogP contribution in [0.5, 0.6) is 5.75 Å². The normalized spacial score (nSPS) is 20.7. The Morgan fingerprint density at radius 1 is 1.19 bits per heavy atom. The number of nitrogens with zero attached hydrogens (tertiary/aromatic N) is 4. The Morgan fingerprint density at radius 3 is 2.81 bits per heavy atom. The fraction of sp³-hybridized carbons (Fsp3) is 0.500. The highest BCUT2D eigenvalue weighted by molar-refractivity contribution is 5.85. The minimum absolute atomic E-state index is 0. The summed E-state index contributed by atoms with van der Waals surface area (Å²) in [4.78, 5) is 9.28. The summed E-state index contributed by atoms with van der Waals surface area (Å²) in [6.45, 7) is 2.13. The number of rotatable bonds is 5. The molecule has 0 atom stereocenters. The largest absolute Gasteiger partial charge is 0.495 e. The van der Waals surface area contributed by atoms with Crippen LogP contribution in [0.3, 0.4) is 0 Å². The van der Waals surface area contributed by atoms with Crippen molar-refractivity contribution in [2.24, 2.45) is 5.92 Å². The van der Waals surface area contributed by atoms with E-state index in [1.54, 1.807) is 7.11 Å². The van der Waals surface area contributed by atoms with Crippen LogP contribution in [0, 0.1) is 5.92 Å². The zero-order chi connectivity index (χ0) is 20.5. The van der Waals surface area contributed by atoms with Gasteiger partial charge in [0.15, 0.2) is 5.65 Å². The Kier molecular flexibility index (Phi) is 6.60. The van der Waals surface area contributed by atoms with Crippen molar-refractivity contribution in [2.75, 3.05) is 25.6 Å². The van der Waals surface area contributed by atoms with Crippen LogP contribution in [0.15, 0.2) is 24.5 Å². The van der Waals surface area contributed by atoms with Crippen LogP contribution in [0.25, 0.3) is 11.0 Å². The van der Waals surface area contributed by atoms with Crippen LogP contribution >= 0.6 is 12.4 Å². The van der Waals surface area contributed by atoms with E-state index in [0.717, 1.165) is 67.7 Å². The number of nitrogens with one attached hydrogen (secondary N) is 2. The molecule has 1 aromatic carbocycles. The highest BCUT2D eigenvalue weighted by atomic mass is 35.5. The van der Waals surface area contributed by atoms with Crippen molar-refractivity contribution < 1.29 is 9.84 Å². The second kappa shape index (κ2) is 9.38. The first kappa shape index (κ1) is 21.8. The zero-order valence-corrected chi connectivity index (χ0v) is 18.5. The van der Waals surface area contributed by atoms with E-state index in [0.29, 0.717) is 17.9 Å². The van der Waals surface area contributed by atoms with Crippen molar-refractivity contribution >= 4 is 35.1 Å². The van der Waals surface area contributed by atoms with Gasteiger partial charge >= 0.3 is 0 Å². The molecule has 1 fully saturated rings. The second-order valence-electron chi connectivity index (χ2n) is 8.29. The van der Waals surface area contributed by atoms with Crippen molar-refractivity contribution in [1.29, 1.82) is 0 Å². The Labute approximate surface area is 187 Å². The van der Waals surface area contributed by atoms with E-state index in [-0.39, 0.29) is 19.0 Å². The highest BCUT2D eigenvalue weighted by Crippen LogP contribution is 2.34. The molecule has 0 amide bonds. The molecule has 2 aromatic heterocycles. The summed E-state index contributed by atoms with van der Waals surface area (Å²) in [5.41, 5.74) is 4.31. The van der Waals surface area contributed by atoms with E-state index in [4.69, 9.17) is 9.72 Å². The first-order valence-electron chi connectivity index (χ1n) is 10.7. The van der Waals surface area contributed by atoms with Crippen molar-refractivity contribution in [3.8, 4) is 5.75 Å². The monoisotopic (exact) mass is 444 g/mol. The molecule has 2 aliphatic rings. The van der Waals surface area contributed by atoms with Gasteiger partial charge in [0, 0.05) is 19.3 Å². The summed E-state index contributed by atoms with van der Waals surface area (Å²) < 4.78 is 7.65. The predicted molar refractivity (Wildman–Crippen MR) is 122 cm³/mol. The Morgan fingerprint density at radius 2 is 2.03 bits per heavy atom. The van der Waals surface area contributed by atoms with Gasteiger partial charge in [-0.25, -0.2) is 9.67 Å². The van der Waals surface area contributed by atoms with Crippen LogP contribution < -0.4 is 15.4 Å². The average Bonchev–Trinajstić information content (AvgIpc) is 3.22. The minimum atomic E-state index is 0. The van der Waals surface area contributed by atoms with Crippen LogP contribution in [0.4, 0.5) is 11.6 Å². The van der Waals surface area contributed by atoms with Gasteiger partial charge in [-0.2, -0.15) is 10.1 Å². The number of ether oxygens (including phenoxy) is 1. The lowest BCUT2D eigenvalue weighted by molar-refractivity contribution is 0.166. The smallest absolute Gasteiger partial charge is 0.229 e. The molecule has 0 unspecified atom stereocenters. The Bertz CT molecular complexity index is 1050. The second-order valence-corrected chi connectivity index (χ2v) is 8.29. The molecule has 1 aliphatic carbocycles. The molecule has 3 N–H and O–H groups in total. The van der Waals surface area contributed by atoms with Crippen LogP contribution in [0.2, 0.25) is 0 Å². The topological polar surface area (TPSA) is 97.1 Å². The standard InChI is InChI=1S/C22H28N6O2.ClH/c1-30-20-9-15-6-7-23-10-16(15)8-19(20)26-22-24-11-17-12-25-28(21(17)27-22)18-4-2-14(13-29)3-5-18;/h8-9,11-12,14,18,23,29H,2-7,10,13H2,1H3,(H,24,26,27);1H. The quantitative estimate of drug-likeness (QED) is 0.555. The summed E-state index contributed by atoms with van der Waals surface area (Å²) in [6.07, 6.45) is 8.74. The number of methoxy groups -OCH3 is 1. The van der Waals surface area contributed by atoms with Gasteiger partial charge < -0.3 is 20.5 Å². The third-order valence-corrected chi connectivity index (χ3v) is 6.41. The molecular formula is C22H29ClN6O2. The summed E-state index contributed by atoms with van der Waals surface area (Å²) >= 11 is 0. The molecule has 1 aliphatic heterocycles. The van der Waals surface area contributed by atoms with Gasteiger partial charge in [-0.15, -0.1) is 12.4 Å². The number of aliphatic hydroxyl groups excluding tert-OH is 1. The van der Waals surface area contributed by atoms with E-state index in [1.165, 1.54) is 11.1 Å². The van der Waals surface area contributed by atoms with Crippen molar-refractivity contribution in [2.45, 2.75) is 44.7 Å². The van der Waals surface area contributed by atoms with Gasteiger partial charge in [0.25, 0.3) is 0 Å². The Balaban J connectivity index is 0.00000231. The maximum atomic E-state index is 9.41. The summed E-state index contributed by atoms with van der Waals surface area (Å²) in [6, 6.07) is 4.56. The molecule has 3 heterocycles. The number of halogens is 1. The van der Waals surface area contributed by atoms with Gasteiger partial charge in [-0.3, -0.25) is 0 Å². The van der Waals surface area contributed by atoms with Gasteiger partial charge in [0.05, 0.1) is 30.4 Å². The average molecular weight is 445 g/mol. The molecule has 31 heavy (non-hydrogen) atoms. The van der Waals surface area contributed by atoms with E-state index < -0.39 is 0 Å². The van der Waals surface area contributed by atoms with E-state index in [9.17, 15) is 5.11 Å². The van der Waals surface area contributed by atoms with Gasteiger partial charge in [-0.1, -0.05) is 0 Å². The lowest BCUT2D eigenvalue weighted by Gasteiger charge is -2.27. The number of aliphatic hydroxyl groups is 1. The number of benzene rings is 1. The lowest BCUT2D eigenvalue weighted by atomic mass is 9.87. The van der Waals surface area contributed by atoms with Crippen LogP contribution in [-0.4, -0.2) is 45.1 Å². The molecule has 0 radical (unpaired) electrons. The fourth-order valence-electron chi connectivity index (χ4n) is 4.63. The summed E-state index contributed by atoms with van der Waals surface area (Å²) in [5, 5.41) is 21.7. The maximum absolute atomic E-state index is 9.41. The molecule has 1 saturated carbocycles. The number of fused-ring (bicyclic) bond motifs is 2. The maximum Gasteiger partial charge on any atom is 0.229 e. The van der Waals surface area contributed by atoms with Crippen molar-refractivity contribution in [1.82, 2.24) is 25.1 Å². The zero-order valence-electron chi connectivity index (χ0n) is 17.7. The van der Waals surface area contributed by atoms with Crippen LogP contribution in [0.1, 0.15) is 42.9 Å². The third-order valence-electron chi connectivity index (χ3n) is 6.41. The van der Waals surface area contributed by atoms with E-state index >= 15 is 0 Å². The first-order chi connectivity index (χ1) is 14.7. The van der Waals surface area contributed by atoms with Gasteiger partial charge in [0.2, 0.25) is 5.95 Å². The van der Waals surface area contributed by atoms with E-state index in [1.807, 2.05) is 17.1 Å². The van der Waals surface area contributed by atoms with Crippen molar-refractivity contribution in [3.63, 3.8) is 0 Å². The van der Waals surface area contributed by atoms with Gasteiger partial charge in [-0.05, 0) is 67.8 Å². The van der Waals surface area contributed by atoms with E-state index in [2.05, 4.69) is 32.8 Å². The third kappa shape index (κ3) is 4.33. The first-order valence-corrected chi connectivity index (χ1v) is 10.7. The molecule has 0 spiro atoms. The molecule has 0 saturated heterocycles. The number of hydrogen-bond acceptors (Lipinski definition) is 7. The molecule has 166 valence electrons. The SMILES string of the molecule is COc1cc2c(cc1Nc1ncc3cnn(C4CCC(CO)CC4)c3n1)CNCC2.Cl. The highest BCUT2D eigenvalue weighted by Gasteiger charge is 2.24. The summed E-state index contributed by atoms with van der Waals surface area (Å²) in [7, 11) is 1.69. The molecular weight excluding hydrogens is 416 g/mol. The number of aromatic nitrogens is 4. The fourth-order valence-corrected chi connectivity index (χ4v) is 4.63. The van der Waals surface area contributed by atoms with Gasteiger partial charge in [0.1, 0.15) is 5.75 Å². The van der Waals surface area contributed by atoms with Crippen LogP contribution in [-0.2, 0) is 13.0 Å². The predicted octanol–water partition coefficient (Wildman–Crippen LogP) is 3.37. The summed E-state index contributed by atoms with van der Waals surface area (Å²) in [5.74, 6) is 1.76. The number of hydrogen-bond donors (Lipinski definition) is 3.